The first-order valence-corrected chi connectivity index (χ1v) is 9.84. The maximum Gasteiger partial charge on any atom is 0.156 e. The lowest BCUT2D eigenvalue weighted by Gasteiger charge is -2.32. The van der Waals surface area contributed by atoms with Gasteiger partial charge in [0.1, 0.15) is 18.2 Å². The van der Waals surface area contributed by atoms with E-state index in [0.29, 0.717) is 30.9 Å². The van der Waals surface area contributed by atoms with E-state index in [1.165, 1.54) is 24.1 Å². The van der Waals surface area contributed by atoms with Crippen LogP contribution in [0.1, 0.15) is 65.9 Å². The standard InChI is InChI=1S/C20H28N6O/c1-12-15-5-3-4-6-16(15)24-19(23-12)10-22-18-9-17(13-7-14(21)8-13)25-20(26-18)11-27-2/h9,13-14H,3-8,10-11,21H2,1-2H3,(H,22,25,26). The Bertz CT molecular complexity index is 818. The van der Waals surface area contributed by atoms with Crippen LogP contribution >= 0.6 is 0 Å². The van der Waals surface area contributed by atoms with Crippen LogP contribution in [0.3, 0.4) is 0 Å². The van der Waals surface area contributed by atoms with Gasteiger partial charge in [-0.2, -0.15) is 0 Å². The average Bonchev–Trinajstić information content (AvgIpc) is 2.64. The topological polar surface area (TPSA) is 98.8 Å². The van der Waals surface area contributed by atoms with Crippen LogP contribution in [-0.4, -0.2) is 33.1 Å². The minimum Gasteiger partial charge on any atom is -0.377 e. The van der Waals surface area contributed by atoms with Gasteiger partial charge in [-0.1, -0.05) is 0 Å². The van der Waals surface area contributed by atoms with Crippen LogP contribution in [0.25, 0.3) is 0 Å². The van der Waals surface area contributed by atoms with Crippen molar-refractivity contribution in [2.24, 2.45) is 5.73 Å². The number of nitrogens with zero attached hydrogens (tertiary/aromatic N) is 4. The lowest BCUT2D eigenvalue weighted by molar-refractivity contribution is 0.177. The molecular formula is C20H28N6O. The van der Waals surface area contributed by atoms with Gasteiger partial charge in [0.15, 0.2) is 5.82 Å². The van der Waals surface area contributed by atoms with Gasteiger partial charge in [-0.15, -0.1) is 0 Å². The van der Waals surface area contributed by atoms with E-state index in [1.807, 2.05) is 6.07 Å². The largest absolute Gasteiger partial charge is 0.377 e. The summed E-state index contributed by atoms with van der Waals surface area (Å²) in [6.07, 6.45) is 6.59. The highest BCUT2D eigenvalue weighted by Crippen LogP contribution is 2.35. The predicted octanol–water partition coefficient (Wildman–Crippen LogP) is 2.42. The van der Waals surface area contributed by atoms with E-state index in [9.17, 15) is 0 Å². The van der Waals surface area contributed by atoms with Crippen LogP contribution in [-0.2, 0) is 30.7 Å². The Hall–Kier alpha value is -2.12. The van der Waals surface area contributed by atoms with E-state index >= 15 is 0 Å². The molecule has 0 radical (unpaired) electrons. The summed E-state index contributed by atoms with van der Waals surface area (Å²) in [6, 6.07) is 2.32. The highest BCUT2D eigenvalue weighted by molar-refractivity contribution is 5.38. The maximum absolute atomic E-state index is 5.95. The Morgan fingerprint density at radius 2 is 1.93 bits per heavy atom. The molecule has 7 nitrogen and oxygen atoms in total. The number of aryl methyl sites for hydroxylation is 2. The second-order valence-electron chi connectivity index (χ2n) is 7.67. The summed E-state index contributed by atoms with van der Waals surface area (Å²) in [5.41, 5.74) is 10.7. The number of nitrogens with two attached hydrogens (primary N) is 1. The summed E-state index contributed by atoms with van der Waals surface area (Å²) in [5.74, 6) is 2.74. The van der Waals surface area contributed by atoms with E-state index in [1.54, 1.807) is 7.11 Å². The van der Waals surface area contributed by atoms with Crippen LogP contribution in [0.15, 0.2) is 6.07 Å². The third kappa shape index (κ3) is 4.09. The first-order chi connectivity index (χ1) is 13.1. The highest BCUT2D eigenvalue weighted by atomic mass is 16.5. The summed E-state index contributed by atoms with van der Waals surface area (Å²) >= 11 is 0. The Morgan fingerprint density at radius 1 is 1.11 bits per heavy atom. The summed E-state index contributed by atoms with van der Waals surface area (Å²) in [4.78, 5) is 18.7. The minimum atomic E-state index is 0.291. The van der Waals surface area contributed by atoms with Gasteiger partial charge in [0.25, 0.3) is 0 Å². The molecule has 0 saturated heterocycles. The van der Waals surface area contributed by atoms with Crippen LogP contribution in [0.2, 0.25) is 0 Å². The molecule has 1 saturated carbocycles. The molecule has 4 rings (SSSR count). The molecule has 0 unspecified atom stereocenters. The zero-order chi connectivity index (χ0) is 18.8. The molecule has 2 aliphatic carbocycles. The molecule has 2 aliphatic rings. The van der Waals surface area contributed by atoms with Crippen molar-refractivity contribution in [2.45, 2.75) is 70.6 Å². The van der Waals surface area contributed by atoms with Crippen molar-refractivity contribution in [1.29, 1.82) is 0 Å². The van der Waals surface area contributed by atoms with E-state index in [0.717, 1.165) is 48.7 Å². The SMILES string of the molecule is COCc1nc(NCc2nc(C)c3c(n2)CCCC3)cc(C2CC(N)C2)n1. The van der Waals surface area contributed by atoms with Crippen molar-refractivity contribution in [3.63, 3.8) is 0 Å². The van der Waals surface area contributed by atoms with Crippen LogP contribution in [0.5, 0.6) is 0 Å². The molecule has 2 heterocycles. The molecule has 0 spiro atoms. The molecular weight excluding hydrogens is 340 g/mol. The van der Waals surface area contributed by atoms with Gasteiger partial charge in [-0.25, -0.2) is 19.9 Å². The third-order valence-electron chi connectivity index (χ3n) is 5.52. The van der Waals surface area contributed by atoms with E-state index in [4.69, 9.17) is 20.4 Å². The van der Waals surface area contributed by atoms with Crippen LogP contribution in [0, 0.1) is 6.92 Å². The second kappa shape index (κ2) is 7.86. The Kier molecular flexibility index (Phi) is 5.31. The molecule has 1 fully saturated rings. The molecule has 144 valence electrons. The zero-order valence-electron chi connectivity index (χ0n) is 16.2. The Labute approximate surface area is 160 Å². The fourth-order valence-electron chi connectivity index (χ4n) is 4.01. The quantitative estimate of drug-likeness (QED) is 0.808. The fraction of sp³-hybridized carbons (Fsp3) is 0.600. The number of ether oxygens (including phenoxy) is 1. The molecule has 2 aromatic rings. The van der Waals surface area contributed by atoms with Gasteiger partial charge < -0.3 is 15.8 Å². The summed E-state index contributed by atoms with van der Waals surface area (Å²) in [5, 5.41) is 3.39. The summed E-state index contributed by atoms with van der Waals surface area (Å²) in [7, 11) is 1.66. The monoisotopic (exact) mass is 368 g/mol. The number of nitrogens with one attached hydrogen (secondary N) is 1. The molecule has 0 atom stereocenters. The van der Waals surface area contributed by atoms with E-state index in [2.05, 4.69) is 22.2 Å². The number of anilines is 1. The molecule has 2 aromatic heterocycles. The molecule has 0 aromatic carbocycles. The van der Waals surface area contributed by atoms with Crippen molar-refractivity contribution in [3.05, 3.63) is 40.4 Å². The number of rotatable bonds is 6. The van der Waals surface area contributed by atoms with Crippen LogP contribution in [0.4, 0.5) is 5.82 Å². The van der Waals surface area contributed by atoms with Gasteiger partial charge in [0.2, 0.25) is 0 Å². The average molecular weight is 368 g/mol. The van der Waals surface area contributed by atoms with Crippen molar-refractivity contribution in [3.8, 4) is 0 Å². The number of hydrogen-bond acceptors (Lipinski definition) is 7. The fourth-order valence-corrected chi connectivity index (χ4v) is 4.01. The van der Waals surface area contributed by atoms with Crippen LogP contribution < -0.4 is 11.1 Å². The number of hydrogen-bond donors (Lipinski definition) is 2. The molecule has 3 N–H and O–H groups in total. The second-order valence-corrected chi connectivity index (χ2v) is 7.67. The molecule has 0 bridgehead atoms. The predicted molar refractivity (Wildman–Crippen MR) is 103 cm³/mol. The van der Waals surface area contributed by atoms with E-state index in [-0.39, 0.29) is 0 Å². The molecule has 0 amide bonds. The van der Waals surface area contributed by atoms with Crippen molar-refractivity contribution in [1.82, 2.24) is 19.9 Å². The first-order valence-electron chi connectivity index (χ1n) is 9.84. The lowest BCUT2D eigenvalue weighted by atomic mass is 9.78. The zero-order valence-corrected chi connectivity index (χ0v) is 16.2. The summed E-state index contributed by atoms with van der Waals surface area (Å²) in [6.45, 7) is 3.05. The van der Waals surface area contributed by atoms with Crippen molar-refractivity contribution < 1.29 is 4.74 Å². The van der Waals surface area contributed by atoms with Crippen molar-refractivity contribution >= 4 is 5.82 Å². The van der Waals surface area contributed by atoms with Gasteiger partial charge >= 0.3 is 0 Å². The van der Waals surface area contributed by atoms with Gasteiger partial charge in [0.05, 0.1) is 6.54 Å². The van der Waals surface area contributed by atoms with Gasteiger partial charge in [-0.3, -0.25) is 0 Å². The van der Waals surface area contributed by atoms with Gasteiger partial charge in [0, 0.05) is 42.2 Å². The van der Waals surface area contributed by atoms with Crippen molar-refractivity contribution in [2.75, 3.05) is 12.4 Å². The maximum atomic E-state index is 5.95. The number of aromatic nitrogens is 4. The van der Waals surface area contributed by atoms with Gasteiger partial charge in [-0.05, 0) is 51.0 Å². The number of fused-ring (bicyclic) bond motifs is 1. The Balaban J connectivity index is 1.51. The highest BCUT2D eigenvalue weighted by Gasteiger charge is 2.29. The number of methoxy groups -OCH3 is 1. The lowest BCUT2D eigenvalue weighted by Crippen LogP contribution is -2.35. The third-order valence-corrected chi connectivity index (χ3v) is 5.52. The molecule has 7 heteroatoms. The summed E-state index contributed by atoms with van der Waals surface area (Å²) < 4.78 is 5.23. The van der Waals surface area contributed by atoms with E-state index < -0.39 is 0 Å². The molecule has 0 aliphatic heterocycles. The molecule has 27 heavy (non-hydrogen) atoms. The normalized spacial score (nSPS) is 21.4. The first kappa shape index (κ1) is 18.3. The Morgan fingerprint density at radius 3 is 2.70 bits per heavy atom. The minimum absolute atomic E-state index is 0.291. The smallest absolute Gasteiger partial charge is 0.156 e.